The molecule has 2 unspecified atom stereocenters. The summed E-state index contributed by atoms with van der Waals surface area (Å²) in [4.78, 5) is 65.3. The van der Waals surface area contributed by atoms with Crippen molar-refractivity contribution in [2.45, 2.75) is 119 Å². The Balaban J connectivity index is 0.00000781. The number of imide groups is 1. The molecular formula is C29H47N3O9. The maximum absolute atomic E-state index is 13.6. The average molecular weight is 582 g/mol. The average Bonchev–Trinajstić information content (AvgIpc) is 3.06. The van der Waals surface area contributed by atoms with Crippen LogP contribution in [0.2, 0.25) is 0 Å². The number of carbonyl (C=O) groups excluding carboxylic acids is 3. The molecule has 0 bridgehead atoms. The van der Waals surface area contributed by atoms with Crippen molar-refractivity contribution >= 4 is 36.3 Å². The molecule has 2 amide bonds. The van der Waals surface area contributed by atoms with Crippen molar-refractivity contribution in [1.82, 2.24) is 14.0 Å². The maximum atomic E-state index is 13.6. The van der Waals surface area contributed by atoms with Gasteiger partial charge in [0.1, 0.15) is 22.8 Å². The highest BCUT2D eigenvalue weighted by molar-refractivity contribution is 5.93. The van der Waals surface area contributed by atoms with E-state index in [0.717, 1.165) is 9.13 Å². The van der Waals surface area contributed by atoms with E-state index >= 15 is 0 Å². The van der Waals surface area contributed by atoms with Gasteiger partial charge in [-0.3, -0.25) is 9.13 Å². The molecule has 12 nitrogen and oxygen atoms in total. The first kappa shape index (κ1) is 37.2. The van der Waals surface area contributed by atoms with Gasteiger partial charge in [-0.25, -0.2) is 24.0 Å². The van der Waals surface area contributed by atoms with Crippen LogP contribution >= 0.6 is 0 Å². The van der Waals surface area contributed by atoms with E-state index in [1.54, 1.807) is 62.3 Å². The molecule has 0 aliphatic rings. The summed E-state index contributed by atoms with van der Waals surface area (Å²) in [6.07, 6.45) is 0.0390. The van der Waals surface area contributed by atoms with Crippen molar-refractivity contribution in [2.75, 3.05) is 0 Å². The monoisotopic (exact) mass is 581 g/mol. The summed E-state index contributed by atoms with van der Waals surface area (Å²) in [5, 5.41) is 10.1. The molecule has 232 valence electrons. The van der Waals surface area contributed by atoms with Crippen molar-refractivity contribution in [3.8, 4) is 0 Å². The van der Waals surface area contributed by atoms with Gasteiger partial charge in [0.05, 0.1) is 17.9 Å². The van der Waals surface area contributed by atoms with Gasteiger partial charge in [-0.1, -0.05) is 27.0 Å². The Morgan fingerprint density at radius 3 is 1.54 bits per heavy atom. The summed E-state index contributed by atoms with van der Waals surface area (Å²) in [6, 6.07) is -3.06. The predicted octanol–water partition coefficient (Wildman–Crippen LogP) is 5.49. The number of imidazole rings is 1. The molecule has 1 rings (SSSR count). The van der Waals surface area contributed by atoms with E-state index in [4.69, 9.17) is 14.2 Å². The minimum atomic E-state index is -1.93. The second kappa shape index (κ2) is 14.2. The Labute approximate surface area is 242 Å². The minimum absolute atomic E-state index is 0.116. The molecule has 0 saturated heterocycles. The molecule has 2 atom stereocenters. The first-order chi connectivity index (χ1) is 18.5. The number of carboxylic acids is 1. The van der Waals surface area contributed by atoms with E-state index in [1.807, 2.05) is 13.8 Å². The molecule has 1 aromatic rings. The van der Waals surface area contributed by atoms with Gasteiger partial charge in [-0.15, -0.1) is 0 Å². The fraction of sp³-hybridized carbons (Fsp3) is 0.621. The van der Waals surface area contributed by atoms with E-state index in [0.29, 0.717) is 4.90 Å². The Morgan fingerprint density at radius 2 is 1.22 bits per heavy atom. The van der Waals surface area contributed by atoms with Gasteiger partial charge in [0.15, 0.2) is 6.04 Å². The predicted molar refractivity (Wildman–Crippen MR) is 157 cm³/mol. The van der Waals surface area contributed by atoms with Gasteiger partial charge in [-0.05, 0) is 81.4 Å². The molecule has 41 heavy (non-hydrogen) atoms. The SMILES string of the molecule is C=Cc1c(C=C)n(C(C)C(=O)OC(C)(C)C)c(=O)n1CC(C(=O)O)N(C(=O)OC(C)(C)C)C(=O)OC(C)(C)C.CC. The standard InChI is InChI=1S/C27H41N3O9.C2H6/c1-13-17-18(14-2)29(16(3)21(33)37-25(4,5)6)22(34)28(17)15-19(20(31)32)30(23(35)38-26(7,8)9)24(36)39-27(10,11)12;1-2/h13-14,16,19H,1-2,15H2,3-12H3,(H,31,32);1-2H3. The zero-order valence-electron chi connectivity index (χ0n) is 26.5. The van der Waals surface area contributed by atoms with E-state index in [9.17, 15) is 29.1 Å². The van der Waals surface area contributed by atoms with E-state index in [-0.39, 0.29) is 11.4 Å². The van der Waals surface area contributed by atoms with Crippen molar-refractivity contribution in [3.63, 3.8) is 0 Å². The van der Waals surface area contributed by atoms with Crippen LogP contribution in [0.4, 0.5) is 9.59 Å². The van der Waals surface area contributed by atoms with Crippen molar-refractivity contribution < 1.29 is 38.5 Å². The number of hydrogen-bond donors (Lipinski definition) is 1. The molecule has 0 fully saturated rings. The number of rotatable bonds is 8. The van der Waals surface area contributed by atoms with Crippen LogP contribution in [0.3, 0.4) is 0 Å². The first-order valence-corrected chi connectivity index (χ1v) is 13.4. The van der Waals surface area contributed by atoms with Crippen LogP contribution in [0.1, 0.15) is 101 Å². The zero-order valence-corrected chi connectivity index (χ0v) is 26.5. The minimum Gasteiger partial charge on any atom is -0.480 e. The van der Waals surface area contributed by atoms with Crippen molar-refractivity contribution in [1.29, 1.82) is 0 Å². The third kappa shape index (κ3) is 10.6. The zero-order chi connectivity index (χ0) is 32.7. The van der Waals surface area contributed by atoms with Gasteiger partial charge in [0.25, 0.3) is 0 Å². The highest BCUT2D eigenvalue weighted by atomic mass is 16.6. The van der Waals surface area contributed by atoms with Crippen LogP contribution in [0.5, 0.6) is 0 Å². The normalized spacial score (nSPS) is 13.1. The lowest BCUT2D eigenvalue weighted by atomic mass is 10.2. The molecule has 1 heterocycles. The van der Waals surface area contributed by atoms with Gasteiger partial charge in [-0.2, -0.15) is 4.90 Å². The summed E-state index contributed by atoms with van der Waals surface area (Å²) in [5.41, 5.74) is -3.51. The number of carboxylic acid groups (broad SMARTS) is 1. The smallest absolute Gasteiger partial charge is 0.420 e. The lowest BCUT2D eigenvalue weighted by molar-refractivity contribution is -0.158. The van der Waals surface area contributed by atoms with Crippen LogP contribution in [-0.4, -0.2) is 66.1 Å². The number of nitrogens with zero attached hydrogens (tertiary/aromatic N) is 3. The quantitative estimate of drug-likeness (QED) is 0.311. The summed E-state index contributed by atoms with van der Waals surface area (Å²) in [6.45, 7) is 26.4. The Morgan fingerprint density at radius 1 is 0.829 bits per heavy atom. The Kier molecular flexibility index (Phi) is 12.9. The van der Waals surface area contributed by atoms with E-state index < -0.39 is 65.2 Å². The number of hydrogen-bond acceptors (Lipinski definition) is 8. The highest BCUT2D eigenvalue weighted by Gasteiger charge is 2.42. The highest BCUT2D eigenvalue weighted by Crippen LogP contribution is 2.22. The molecule has 0 radical (unpaired) electrons. The molecule has 1 N–H and O–H groups in total. The summed E-state index contributed by atoms with van der Waals surface area (Å²) in [5.74, 6) is -2.32. The van der Waals surface area contributed by atoms with E-state index in [2.05, 4.69) is 13.2 Å². The number of amides is 2. The van der Waals surface area contributed by atoms with Gasteiger partial charge in [0, 0.05) is 0 Å². The van der Waals surface area contributed by atoms with Crippen LogP contribution in [0, 0.1) is 0 Å². The number of aromatic nitrogens is 2. The lowest BCUT2D eigenvalue weighted by Gasteiger charge is -2.31. The molecule has 0 saturated carbocycles. The largest absolute Gasteiger partial charge is 0.480 e. The summed E-state index contributed by atoms with van der Waals surface area (Å²) < 4.78 is 18.1. The molecule has 0 aliphatic heterocycles. The molecule has 0 aliphatic carbocycles. The van der Waals surface area contributed by atoms with Gasteiger partial charge < -0.3 is 19.3 Å². The second-order valence-corrected chi connectivity index (χ2v) is 11.8. The van der Waals surface area contributed by atoms with Crippen LogP contribution in [-0.2, 0) is 30.3 Å². The molecule has 0 spiro atoms. The van der Waals surface area contributed by atoms with Crippen molar-refractivity contribution in [3.05, 3.63) is 35.0 Å². The Bertz CT molecular complexity index is 1160. The Hall–Kier alpha value is -3.83. The molecule has 12 heteroatoms. The first-order valence-electron chi connectivity index (χ1n) is 13.4. The van der Waals surface area contributed by atoms with E-state index in [1.165, 1.54) is 19.1 Å². The van der Waals surface area contributed by atoms with Crippen LogP contribution in [0.25, 0.3) is 12.2 Å². The van der Waals surface area contributed by atoms with Crippen molar-refractivity contribution in [2.24, 2.45) is 0 Å². The molecule has 1 aromatic heterocycles. The fourth-order valence-corrected chi connectivity index (χ4v) is 3.45. The summed E-state index contributed by atoms with van der Waals surface area (Å²) >= 11 is 0. The lowest BCUT2D eigenvalue weighted by Crippen LogP contribution is -2.54. The van der Waals surface area contributed by atoms with Crippen LogP contribution in [0.15, 0.2) is 18.0 Å². The third-order valence-corrected chi connectivity index (χ3v) is 4.90. The topological polar surface area (TPSA) is 146 Å². The summed E-state index contributed by atoms with van der Waals surface area (Å²) in [7, 11) is 0. The second-order valence-electron chi connectivity index (χ2n) is 11.8. The van der Waals surface area contributed by atoms with Crippen LogP contribution < -0.4 is 5.69 Å². The number of ether oxygens (including phenoxy) is 3. The number of esters is 1. The maximum Gasteiger partial charge on any atom is 0.420 e. The van der Waals surface area contributed by atoms with Gasteiger partial charge >= 0.3 is 29.8 Å². The fourth-order valence-electron chi connectivity index (χ4n) is 3.45. The molecule has 0 aromatic carbocycles. The third-order valence-electron chi connectivity index (χ3n) is 4.90. The molecular weight excluding hydrogens is 534 g/mol. The number of aliphatic carboxylic acids is 1. The number of carbonyl (C=O) groups is 4. The van der Waals surface area contributed by atoms with Gasteiger partial charge in [0.2, 0.25) is 0 Å².